The Morgan fingerprint density at radius 1 is 1.03 bits per heavy atom. The number of aryl methyl sites for hydroxylation is 1. The van der Waals surface area contributed by atoms with Crippen LogP contribution in [0.15, 0.2) is 41.2 Å². The maximum absolute atomic E-state index is 12.8. The third kappa shape index (κ3) is 4.89. The molecule has 1 aromatic heterocycles. The van der Waals surface area contributed by atoms with Crippen molar-refractivity contribution in [2.45, 2.75) is 13.5 Å². The first-order valence-corrected chi connectivity index (χ1v) is 9.74. The Balaban J connectivity index is 1.65. The molecule has 2 N–H and O–H groups in total. The lowest BCUT2D eigenvalue weighted by Gasteiger charge is -2.36. The number of nitrogens with zero attached hydrogens (tertiary/aromatic N) is 3. The van der Waals surface area contributed by atoms with Crippen LogP contribution in [0.1, 0.15) is 5.69 Å². The number of nitrogens with one attached hydrogen (secondary N) is 2. The number of carbonyl (C=O) groups is 2. The summed E-state index contributed by atoms with van der Waals surface area (Å²) in [4.78, 5) is 40.9. The van der Waals surface area contributed by atoms with Gasteiger partial charge in [0.25, 0.3) is 5.56 Å². The number of halogens is 1. The standard InChI is InChI=1S/C20H24ClN5O3/c1-14-3-8-17(23-20(29)22-2)19(28)26(14)13-18(27)25-11-9-24(10-12-25)16-6-4-15(21)5-7-16/h3-8H,9-13H2,1-2H3,(H2,22,23,29). The van der Waals surface area contributed by atoms with E-state index in [1.54, 1.807) is 24.0 Å². The Bertz CT molecular complexity index is 950. The van der Waals surface area contributed by atoms with Crippen LogP contribution in [-0.2, 0) is 11.3 Å². The van der Waals surface area contributed by atoms with Crippen LogP contribution < -0.4 is 21.1 Å². The lowest BCUT2D eigenvalue weighted by molar-refractivity contribution is -0.132. The van der Waals surface area contributed by atoms with Crippen LogP contribution in [0.4, 0.5) is 16.2 Å². The minimum Gasteiger partial charge on any atom is -0.368 e. The van der Waals surface area contributed by atoms with Crippen LogP contribution in [0.5, 0.6) is 0 Å². The Morgan fingerprint density at radius 2 is 1.69 bits per heavy atom. The van der Waals surface area contributed by atoms with Gasteiger partial charge in [0.15, 0.2) is 0 Å². The van der Waals surface area contributed by atoms with E-state index >= 15 is 0 Å². The van der Waals surface area contributed by atoms with Gasteiger partial charge in [-0.05, 0) is 43.3 Å². The SMILES string of the molecule is CNC(=O)Nc1ccc(C)n(CC(=O)N2CCN(c3ccc(Cl)cc3)CC2)c1=O. The number of urea groups is 1. The lowest BCUT2D eigenvalue weighted by atomic mass is 10.2. The largest absolute Gasteiger partial charge is 0.368 e. The van der Waals surface area contributed by atoms with E-state index in [2.05, 4.69) is 15.5 Å². The molecule has 0 aliphatic carbocycles. The molecular formula is C20H24ClN5O3. The van der Waals surface area contributed by atoms with E-state index in [1.165, 1.54) is 11.6 Å². The summed E-state index contributed by atoms with van der Waals surface area (Å²) in [7, 11) is 1.47. The van der Waals surface area contributed by atoms with Crippen molar-refractivity contribution in [3.05, 3.63) is 57.5 Å². The smallest absolute Gasteiger partial charge is 0.319 e. The number of hydrogen-bond acceptors (Lipinski definition) is 4. The lowest BCUT2D eigenvalue weighted by Crippen LogP contribution is -2.50. The van der Waals surface area contributed by atoms with Crippen molar-refractivity contribution < 1.29 is 9.59 Å². The average molecular weight is 418 g/mol. The predicted octanol–water partition coefficient (Wildman–Crippen LogP) is 1.91. The zero-order valence-electron chi connectivity index (χ0n) is 16.4. The second kappa shape index (κ2) is 9.00. The summed E-state index contributed by atoms with van der Waals surface area (Å²) in [5, 5.41) is 5.58. The monoisotopic (exact) mass is 417 g/mol. The number of aromatic nitrogens is 1. The first-order chi connectivity index (χ1) is 13.9. The van der Waals surface area contributed by atoms with Crippen molar-refractivity contribution in [1.82, 2.24) is 14.8 Å². The molecule has 3 amide bonds. The van der Waals surface area contributed by atoms with Gasteiger partial charge in [-0.25, -0.2) is 4.79 Å². The number of amides is 3. The molecule has 1 aliphatic rings. The molecule has 2 heterocycles. The molecule has 0 radical (unpaired) electrons. The van der Waals surface area contributed by atoms with Gasteiger partial charge in [-0.1, -0.05) is 11.6 Å². The number of carbonyl (C=O) groups excluding carboxylic acids is 2. The first kappa shape index (κ1) is 20.7. The number of benzene rings is 1. The van der Waals surface area contributed by atoms with Crippen LogP contribution in [0, 0.1) is 6.92 Å². The molecule has 0 spiro atoms. The average Bonchev–Trinajstić information content (AvgIpc) is 2.73. The molecule has 29 heavy (non-hydrogen) atoms. The summed E-state index contributed by atoms with van der Waals surface area (Å²) in [6, 6.07) is 10.4. The van der Waals surface area contributed by atoms with Gasteiger partial charge in [-0.2, -0.15) is 0 Å². The molecule has 1 saturated heterocycles. The summed E-state index contributed by atoms with van der Waals surface area (Å²) in [6.45, 7) is 4.27. The first-order valence-electron chi connectivity index (χ1n) is 9.36. The van der Waals surface area contributed by atoms with Crippen molar-refractivity contribution in [2.75, 3.05) is 43.4 Å². The van der Waals surface area contributed by atoms with E-state index in [-0.39, 0.29) is 18.1 Å². The van der Waals surface area contributed by atoms with Gasteiger partial charge >= 0.3 is 6.03 Å². The molecule has 0 unspecified atom stereocenters. The van der Waals surface area contributed by atoms with E-state index in [1.807, 2.05) is 24.3 Å². The van der Waals surface area contributed by atoms with Gasteiger partial charge in [0.05, 0.1) is 0 Å². The van der Waals surface area contributed by atoms with Gasteiger partial charge in [0.1, 0.15) is 12.2 Å². The zero-order chi connectivity index (χ0) is 21.0. The molecule has 0 atom stereocenters. The summed E-state index contributed by atoms with van der Waals surface area (Å²) in [6.07, 6.45) is 0. The maximum Gasteiger partial charge on any atom is 0.319 e. The predicted molar refractivity (Wildman–Crippen MR) is 114 cm³/mol. The third-order valence-corrected chi connectivity index (χ3v) is 5.24. The molecule has 9 heteroatoms. The van der Waals surface area contributed by atoms with E-state index in [0.717, 1.165) is 5.69 Å². The van der Waals surface area contributed by atoms with Gasteiger partial charge in [-0.3, -0.25) is 9.59 Å². The maximum atomic E-state index is 12.8. The number of pyridine rings is 1. The second-order valence-corrected chi connectivity index (χ2v) is 7.26. The number of hydrogen-bond donors (Lipinski definition) is 2. The molecule has 1 aliphatic heterocycles. The molecule has 154 valence electrons. The van der Waals surface area contributed by atoms with E-state index in [9.17, 15) is 14.4 Å². The third-order valence-electron chi connectivity index (χ3n) is 4.99. The molecule has 0 bridgehead atoms. The van der Waals surface area contributed by atoms with Crippen molar-refractivity contribution in [1.29, 1.82) is 0 Å². The van der Waals surface area contributed by atoms with E-state index < -0.39 is 11.6 Å². The highest BCUT2D eigenvalue weighted by Gasteiger charge is 2.22. The minimum atomic E-state index is -0.484. The molecular weight excluding hydrogens is 394 g/mol. The van der Waals surface area contributed by atoms with Crippen LogP contribution in [-0.4, -0.2) is 54.6 Å². The highest BCUT2D eigenvalue weighted by molar-refractivity contribution is 6.30. The molecule has 2 aromatic rings. The summed E-state index contributed by atoms with van der Waals surface area (Å²) in [5.74, 6) is -0.122. The van der Waals surface area contributed by atoms with Gasteiger partial charge < -0.3 is 25.0 Å². The number of piperazine rings is 1. The van der Waals surface area contributed by atoms with Crippen LogP contribution in [0.2, 0.25) is 5.02 Å². The highest BCUT2D eigenvalue weighted by atomic mass is 35.5. The molecule has 1 fully saturated rings. The van der Waals surface area contributed by atoms with Crippen molar-refractivity contribution in [3.8, 4) is 0 Å². The van der Waals surface area contributed by atoms with Gasteiger partial charge in [0, 0.05) is 49.6 Å². The molecule has 8 nitrogen and oxygen atoms in total. The zero-order valence-corrected chi connectivity index (χ0v) is 17.2. The number of anilines is 2. The Labute approximate surface area is 174 Å². The van der Waals surface area contributed by atoms with Crippen LogP contribution in [0.3, 0.4) is 0 Å². The Kier molecular flexibility index (Phi) is 6.43. The van der Waals surface area contributed by atoms with Crippen molar-refractivity contribution in [2.24, 2.45) is 0 Å². The summed E-state index contributed by atoms with van der Waals surface area (Å²) < 4.78 is 1.39. The highest BCUT2D eigenvalue weighted by Crippen LogP contribution is 2.19. The number of rotatable bonds is 4. The summed E-state index contributed by atoms with van der Waals surface area (Å²) in [5.41, 5.74) is 1.46. The van der Waals surface area contributed by atoms with E-state index in [0.29, 0.717) is 36.9 Å². The summed E-state index contributed by atoms with van der Waals surface area (Å²) >= 11 is 5.94. The van der Waals surface area contributed by atoms with E-state index in [4.69, 9.17) is 11.6 Å². The Hall–Kier alpha value is -3.00. The van der Waals surface area contributed by atoms with Gasteiger partial charge in [-0.15, -0.1) is 0 Å². The fourth-order valence-electron chi connectivity index (χ4n) is 3.25. The van der Waals surface area contributed by atoms with Crippen LogP contribution >= 0.6 is 11.6 Å². The topological polar surface area (TPSA) is 86.7 Å². The fourth-order valence-corrected chi connectivity index (χ4v) is 3.37. The van der Waals surface area contributed by atoms with Crippen molar-refractivity contribution >= 4 is 34.9 Å². The van der Waals surface area contributed by atoms with Gasteiger partial charge in [0.2, 0.25) is 5.91 Å². The molecule has 1 aromatic carbocycles. The van der Waals surface area contributed by atoms with Crippen molar-refractivity contribution in [3.63, 3.8) is 0 Å². The minimum absolute atomic E-state index is 0.0606. The fraction of sp³-hybridized carbons (Fsp3) is 0.350. The second-order valence-electron chi connectivity index (χ2n) is 6.83. The normalized spacial score (nSPS) is 13.9. The quantitative estimate of drug-likeness (QED) is 0.795. The molecule has 3 rings (SSSR count). The Morgan fingerprint density at radius 3 is 2.31 bits per heavy atom. The molecule has 0 saturated carbocycles. The van der Waals surface area contributed by atoms with Crippen LogP contribution in [0.25, 0.3) is 0 Å².